The zero-order valence-electron chi connectivity index (χ0n) is 5.88. The smallest absolute Gasteiger partial charge is 0.0248 e. The standard InChI is InChI=1S/C7H14N2/c1-9-5-2-3-7(9)6(8)4-5/h5-7H,2-4,8H2,1H3/t5?,6-,7?/m1/s1. The molecule has 2 N–H and O–H groups in total. The molecular weight excluding hydrogens is 112 g/mol. The molecule has 2 saturated heterocycles. The van der Waals surface area contributed by atoms with Crippen LogP contribution in [0.15, 0.2) is 0 Å². The number of nitrogens with zero attached hydrogens (tertiary/aromatic N) is 1. The van der Waals surface area contributed by atoms with Crippen molar-refractivity contribution in [2.75, 3.05) is 7.05 Å². The Morgan fingerprint density at radius 2 is 2.22 bits per heavy atom. The zero-order valence-corrected chi connectivity index (χ0v) is 5.88. The fraction of sp³-hybridized carbons (Fsp3) is 1.00. The fourth-order valence-corrected chi connectivity index (χ4v) is 2.31. The van der Waals surface area contributed by atoms with Crippen LogP contribution in [-0.4, -0.2) is 30.1 Å². The Hall–Kier alpha value is -0.0800. The van der Waals surface area contributed by atoms with Crippen LogP contribution in [0.25, 0.3) is 0 Å². The van der Waals surface area contributed by atoms with Crippen molar-refractivity contribution in [1.29, 1.82) is 0 Å². The fourth-order valence-electron chi connectivity index (χ4n) is 2.31. The summed E-state index contributed by atoms with van der Waals surface area (Å²) >= 11 is 0. The van der Waals surface area contributed by atoms with E-state index < -0.39 is 0 Å². The number of fused-ring (bicyclic) bond motifs is 2. The van der Waals surface area contributed by atoms with Crippen LogP contribution in [-0.2, 0) is 0 Å². The third-order valence-corrected chi connectivity index (χ3v) is 2.93. The maximum Gasteiger partial charge on any atom is 0.0248 e. The minimum Gasteiger partial charge on any atom is -0.326 e. The Labute approximate surface area is 56.0 Å². The average molecular weight is 126 g/mol. The molecule has 2 rings (SSSR count). The highest BCUT2D eigenvalue weighted by atomic mass is 15.2. The molecule has 2 unspecified atom stereocenters. The molecule has 52 valence electrons. The molecule has 2 heteroatoms. The summed E-state index contributed by atoms with van der Waals surface area (Å²) in [5.41, 5.74) is 5.87. The molecule has 2 bridgehead atoms. The lowest BCUT2D eigenvalue weighted by Gasteiger charge is -2.16. The number of likely N-dealkylation sites (N-methyl/N-ethyl adjacent to an activating group) is 1. The van der Waals surface area contributed by atoms with Gasteiger partial charge in [0.05, 0.1) is 0 Å². The lowest BCUT2D eigenvalue weighted by molar-refractivity contribution is 0.307. The molecule has 0 aromatic carbocycles. The average Bonchev–Trinajstić information content (AvgIpc) is 2.25. The van der Waals surface area contributed by atoms with Gasteiger partial charge in [0.25, 0.3) is 0 Å². The van der Waals surface area contributed by atoms with Crippen LogP contribution < -0.4 is 5.73 Å². The molecule has 2 aliphatic heterocycles. The third kappa shape index (κ3) is 0.634. The molecule has 0 aliphatic carbocycles. The van der Waals surface area contributed by atoms with Crippen molar-refractivity contribution in [1.82, 2.24) is 4.90 Å². The van der Waals surface area contributed by atoms with Gasteiger partial charge in [0, 0.05) is 18.1 Å². The maximum atomic E-state index is 5.87. The van der Waals surface area contributed by atoms with Crippen molar-refractivity contribution in [2.24, 2.45) is 5.73 Å². The van der Waals surface area contributed by atoms with Crippen LogP contribution in [0.4, 0.5) is 0 Å². The van der Waals surface area contributed by atoms with E-state index >= 15 is 0 Å². The minimum absolute atomic E-state index is 0.480. The van der Waals surface area contributed by atoms with E-state index in [1.165, 1.54) is 19.3 Å². The van der Waals surface area contributed by atoms with Gasteiger partial charge in [-0.2, -0.15) is 0 Å². The van der Waals surface area contributed by atoms with Gasteiger partial charge in [0.15, 0.2) is 0 Å². The first-order valence-corrected chi connectivity index (χ1v) is 3.76. The molecule has 2 fully saturated rings. The van der Waals surface area contributed by atoms with E-state index in [4.69, 9.17) is 5.73 Å². The van der Waals surface area contributed by atoms with Crippen LogP contribution in [0.1, 0.15) is 19.3 Å². The van der Waals surface area contributed by atoms with Gasteiger partial charge in [-0.05, 0) is 26.3 Å². The molecule has 9 heavy (non-hydrogen) atoms. The van der Waals surface area contributed by atoms with Gasteiger partial charge in [-0.25, -0.2) is 0 Å². The Kier molecular flexibility index (Phi) is 1.08. The van der Waals surface area contributed by atoms with Crippen LogP contribution in [0.5, 0.6) is 0 Å². The zero-order chi connectivity index (χ0) is 6.43. The molecule has 2 heterocycles. The predicted octanol–water partition coefficient (Wildman–Crippen LogP) is 0.180. The molecular formula is C7H14N2. The topological polar surface area (TPSA) is 29.3 Å². The first-order chi connectivity index (χ1) is 4.29. The van der Waals surface area contributed by atoms with Crippen molar-refractivity contribution in [3.05, 3.63) is 0 Å². The van der Waals surface area contributed by atoms with Crippen molar-refractivity contribution >= 4 is 0 Å². The van der Waals surface area contributed by atoms with Gasteiger partial charge in [-0.3, -0.25) is 4.90 Å². The van der Waals surface area contributed by atoms with Crippen LogP contribution in [0.2, 0.25) is 0 Å². The molecule has 0 aromatic rings. The van der Waals surface area contributed by atoms with E-state index in [-0.39, 0.29) is 0 Å². The number of hydrogen-bond acceptors (Lipinski definition) is 2. The van der Waals surface area contributed by atoms with E-state index in [1.54, 1.807) is 0 Å². The van der Waals surface area contributed by atoms with E-state index in [1.807, 2.05) is 0 Å². The molecule has 2 nitrogen and oxygen atoms in total. The Morgan fingerprint density at radius 1 is 1.44 bits per heavy atom. The number of rotatable bonds is 0. The first-order valence-electron chi connectivity index (χ1n) is 3.76. The molecule has 0 spiro atoms. The third-order valence-electron chi connectivity index (χ3n) is 2.93. The second-order valence-electron chi connectivity index (χ2n) is 3.36. The first kappa shape index (κ1) is 5.69. The molecule has 0 aromatic heterocycles. The highest BCUT2D eigenvalue weighted by Crippen LogP contribution is 2.34. The van der Waals surface area contributed by atoms with E-state index in [0.29, 0.717) is 6.04 Å². The van der Waals surface area contributed by atoms with E-state index in [2.05, 4.69) is 11.9 Å². The van der Waals surface area contributed by atoms with Crippen LogP contribution in [0.3, 0.4) is 0 Å². The SMILES string of the molecule is CN1C2CCC1[C@H](N)C2. The molecule has 0 amide bonds. The number of nitrogens with two attached hydrogens (primary N) is 1. The second kappa shape index (κ2) is 1.70. The number of hydrogen-bond donors (Lipinski definition) is 1. The maximum absolute atomic E-state index is 5.87. The summed E-state index contributed by atoms with van der Waals surface area (Å²) in [6.07, 6.45) is 3.96. The highest BCUT2D eigenvalue weighted by Gasteiger charge is 2.41. The Balaban J connectivity index is 2.16. The Morgan fingerprint density at radius 3 is 2.44 bits per heavy atom. The van der Waals surface area contributed by atoms with Crippen LogP contribution >= 0.6 is 0 Å². The van der Waals surface area contributed by atoms with Crippen molar-refractivity contribution in [3.63, 3.8) is 0 Å². The van der Waals surface area contributed by atoms with E-state index in [0.717, 1.165) is 12.1 Å². The summed E-state index contributed by atoms with van der Waals surface area (Å²) in [4.78, 5) is 2.45. The van der Waals surface area contributed by atoms with Crippen molar-refractivity contribution in [2.45, 2.75) is 37.4 Å². The van der Waals surface area contributed by atoms with Gasteiger partial charge in [-0.15, -0.1) is 0 Å². The summed E-state index contributed by atoms with van der Waals surface area (Å²) in [5.74, 6) is 0. The second-order valence-corrected chi connectivity index (χ2v) is 3.36. The monoisotopic (exact) mass is 126 g/mol. The lowest BCUT2D eigenvalue weighted by Crippen LogP contribution is -2.34. The molecule has 3 atom stereocenters. The van der Waals surface area contributed by atoms with Crippen molar-refractivity contribution < 1.29 is 0 Å². The predicted molar refractivity (Wildman–Crippen MR) is 37.2 cm³/mol. The Bertz CT molecular complexity index is 124. The summed E-state index contributed by atoms with van der Waals surface area (Å²) in [5, 5.41) is 0. The summed E-state index contributed by atoms with van der Waals surface area (Å²) in [7, 11) is 2.20. The molecule has 0 saturated carbocycles. The summed E-state index contributed by atoms with van der Waals surface area (Å²) in [6.45, 7) is 0. The summed E-state index contributed by atoms with van der Waals surface area (Å²) in [6, 6.07) is 2.02. The van der Waals surface area contributed by atoms with Gasteiger partial charge in [0.2, 0.25) is 0 Å². The van der Waals surface area contributed by atoms with Gasteiger partial charge in [-0.1, -0.05) is 0 Å². The highest BCUT2D eigenvalue weighted by molar-refractivity contribution is 5.00. The quantitative estimate of drug-likeness (QED) is 0.501. The minimum atomic E-state index is 0.480. The van der Waals surface area contributed by atoms with Crippen molar-refractivity contribution in [3.8, 4) is 0 Å². The summed E-state index contributed by atoms with van der Waals surface area (Å²) < 4.78 is 0. The molecule has 0 radical (unpaired) electrons. The largest absolute Gasteiger partial charge is 0.326 e. The normalized spacial score (nSPS) is 50.7. The van der Waals surface area contributed by atoms with E-state index in [9.17, 15) is 0 Å². The van der Waals surface area contributed by atoms with Gasteiger partial charge < -0.3 is 5.73 Å². The van der Waals surface area contributed by atoms with Gasteiger partial charge >= 0.3 is 0 Å². The van der Waals surface area contributed by atoms with Crippen LogP contribution in [0, 0.1) is 0 Å². The molecule has 2 aliphatic rings. The lowest BCUT2D eigenvalue weighted by atomic mass is 9.97. The van der Waals surface area contributed by atoms with Gasteiger partial charge in [0.1, 0.15) is 0 Å².